The first kappa shape index (κ1) is 12.3. The second-order valence-electron chi connectivity index (χ2n) is 4.47. The zero-order valence-corrected chi connectivity index (χ0v) is 9.76. The monoisotopic (exact) mass is 210 g/mol. The molecule has 0 amide bonds. The lowest BCUT2D eigenvalue weighted by Gasteiger charge is -2.28. The molecule has 2 heteroatoms. The van der Waals surface area contributed by atoms with Gasteiger partial charge in [0.05, 0.1) is 0 Å². The Kier molecular flexibility index (Phi) is 4.86. The van der Waals surface area contributed by atoms with Crippen LogP contribution in [0, 0.1) is 0 Å². The third-order valence-corrected chi connectivity index (χ3v) is 3.23. The Hall–Kier alpha value is -0.790. The highest BCUT2D eigenvalue weighted by molar-refractivity contribution is 5.81. The molecule has 0 bridgehead atoms. The van der Waals surface area contributed by atoms with Crippen molar-refractivity contribution in [3.8, 4) is 0 Å². The van der Waals surface area contributed by atoms with E-state index in [1.54, 1.807) is 0 Å². The lowest BCUT2D eigenvalue weighted by molar-refractivity contribution is -0.153. The van der Waals surface area contributed by atoms with Gasteiger partial charge in [-0.3, -0.25) is 0 Å². The zero-order chi connectivity index (χ0) is 11.1. The van der Waals surface area contributed by atoms with Crippen LogP contribution in [0.15, 0.2) is 12.7 Å². The molecule has 0 aromatic heterocycles. The first-order valence-corrected chi connectivity index (χ1v) is 6.08. The summed E-state index contributed by atoms with van der Waals surface area (Å²) >= 11 is 0. The fourth-order valence-corrected chi connectivity index (χ4v) is 2.37. The van der Waals surface area contributed by atoms with Gasteiger partial charge in [-0.15, -0.1) is 0 Å². The Morgan fingerprint density at radius 1 is 1.40 bits per heavy atom. The summed E-state index contributed by atoms with van der Waals surface area (Å²) in [5.41, 5.74) is -0.152. The Morgan fingerprint density at radius 3 is 2.60 bits per heavy atom. The fourth-order valence-electron chi connectivity index (χ4n) is 2.37. The number of rotatable bonds is 6. The highest BCUT2D eigenvalue weighted by Crippen LogP contribution is 2.37. The molecule has 2 nitrogen and oxygen atoms in total. The van der Waals surface area contributed by atoms with E-state index in [0.717, 1.165) is 19.3 Å². The molecule has 0 aromatic carbocycles. The molecule has 0 aliphatic heterocycles. The predicted octanol–water partition coefficient (Wildman–Crippen LogP) is 3.61. The van der Waals surface area contributed by atoms with E-state index in [1.165, 1.54) is 38.2 Å². The molecule has 0 saturated heterocycles. The minimum Gasteiger partial charge on any atom is -0.456 e. The van der Waals surface area contributed by atoms with Crippen molar-refractivity contribution in [2.24, 2.45) is 0 Å². The topological polar surface area (TPSA) is 26.3 Å². The van der Waals surface area contributed by atoms with Crippen molar-refractivity contribution in [2.45, 2.75) is 63.9 Å². The normalized spacial score (nSPS) is 18.7. The fraction of sp³-hybridized carbons (Fsp3) is 0.769. The number of carbonyl (C=O) groups is 1. The van der Waals surface area contributed by atoms with Crippen molar-refractivity contribution in [3.05, 3.63) is 12.7 Å². The first-order valence-electron chi connectivity index (χ1n) is 6.08. The van der Waals surface area contributed by atoms with Gasteiger partial charge < -0.3 is 4.74 Å². The van der Waals surface area contributed by atoms with Gasteiger partial charge in [-0.05, 0) is 38.5 Å². The van der Waals surface area contributed by atoms with E-state index in [2.05, 4.69) is 13.5 Å². The SMILES string of the molecule is C=CC(=O)OC1(CCCCC)CCCC1. The Labute approximate surface area is 92.7 Å². The van der Waals surface area contributed by atoms with Crippen LogP contribution >= 0.6 is 0 Å². The molecule has 1 aliphatic rings. The van der Waals surface area contributed by atoms with Crippen LogP contribution in [0.5, 0.6) is 0 Å². The zero-order valence-electron chi connectivity index (χ0n) is 9.76. The van der Waals surface area contributed by atoms with Crippen LogP contribution in [-0.4, -0.2) is 11.6 Å². The van der Waals surface area contributed by atoms with Gasteiger partial charge in [0.25, 0.3) is 0 Å². The molecule has 0 N–H and O–H groups in total. The minimum atomic E-state index is -0.256. The maximum atomic E-state index is 11.3. The molecule has 1 rings (SSSR count). The van der Waals surface area contributed by atoms with Crippen molar-refractivity contribution in [3.63, 3.8) is 0 Å². The number of unbranched alkanes of at least 4 members (excludes halogenated alkanes) is 2. The van der Waals surface area contributed by atoms with Crippen molar-refractivity contribution in [1.29, 1.82) is 0 Å². The highest BCUT2D eigenvalue weighted by Gasteiger charge is 2.36. The Balaban J connectivity index is 2.46. The molecule has 0 atom stereocenters. The van der Waals surface area contributed by atoms with Crippen LogP contribution in [0.4, 0.5) is 0 Å². The second-order valence-corrected chi connectivity index (χ2v) is 4.47. The van der Waals surface area contributed by atoms with Gasteiger partial charge in [0.1, 0.15) is 5.60 Å². The predicted molar refractivity (Wildman–Crippen MR) is 61.6 cm³/mol. The second kappa shape index (κ2) is 5.94. The molecular formula is C13H22O2. The van der Waals surface area contributed by atoms with Crippen LogP contribution in [0.2, 0.25) is 0 Å². The molecule has 1 fully saturated rings. The molecule has 0 radical (unpaired) electrons. The highest BCUT2D eigenvalue weighted by atomic mass is 16.6. The van der Waals surface area contributed by atoms with Crippen molar-refractivity contribution in [2.75, 3.05) is 0 Å². The molecule has 0 heterocycles. The number of esters is 1. The van der Waals surface area contributed by atoms with Gasteiger partial charge in [0.2, 0.25) is 0 Å². The van der Waals surface area contributed by atoms with Gasteiger partial charge in [-0.25, -0.2) is 4.79 Å². The summed E-state index contributed by atoms with van der Waals surface area (Å²) in [4.78, 5) is 11.3. The van der Waals surface area contributed by atoms with Gasteiger partial charge in [0, 0.05) is 6.08 Å². The van der Waals surface area contributed by atoms with Crippen molar-refractivity contribution >= 4 is 5.97 Å². The molecule has 86 valence electrons. The van der Waals surface area contributed by atoms with Crippen LogP contribution < -0.4 is 0 Å². The van der Waals surface area contributed by atoms with Crippen LogP contribution in [0.1, 0.15) is 58.3 Å². The number of hydrogen-bond donors (Lipinski definition) is 0. The summed E-state index contributed by atoms with van der Waals surface area (Å²) in [5.74, 6) is -0.256. The van der Waals surface area contributed by atoms with Crippen LogP contribution in [-0.2, 0) is 9.53 Å². The number of hydrogen-bond acceptors (Lipinski definition) is 2. The van der Waals surface area contributed by atoms with E-state index in [-0.39, 0.29) is 11.6 Å². The average molecular weight is 210 g/mol. The third kappa shape index (κ3) is 3.69. The van der Waals surface area contributed by atoms with E-state index in [1.807, 2.05) is 0 Å². The van der Waals surface area contributed by atoms with Crippen LogP contribution in [0.25, 0.3) is 0 Å². The van der Waals surface area contributed by atoms with E-state index >= 15 is 0 Å². The molecular weight excluding hydrogens is 188 g/mol. The van der Waals surface area contributed by atoms with E-state index in [4.69, 9.17) is 4.74 Å². The van der Waals surface area contributed by atoms with Gasteiger partial charge >= 0.3 is 5.97 Å². The number of carbonyl (C=O) groups excluding carboxylic acids is 1. The largest absolute Gasteiger partial charge is 0.456 e. The third-order valence-electron chi connectivity index (χ3n) is 3.23. The summed E-state index contributed by atoms with van der Waals surface area (Å²) in [5, 5.41) is 0. The van der Waals surface area contributed by atoms with Gasteiger partial charge in [0.15, 0.2) is 0 Å². The lowest BCUT2D eigenvalue weighted by atomic mass is 9.94. The van der Waals surface area contributed by atoms with Gasteiger partial charge in [-0.2, -0.15) is 0 Å². The summed E-state index contributed by atoms with van der Waals surface area (Å²) in [7, 11) is 0. The number of ether oxygens (including phenoxy) is 1. The molecule has 0 aromatic rings. The van der Waals surface area contributed by atoms with Crippen molar-refractivity contribution in [1.82, 2.24) is 0 Å². The van der Waals surface area contributed by atoms with Crippen molar-refractivity contribution < 1.29 is 9.53 Å². The smallest absolute Gasteiger partial charge is 0.330 e. The summed E-state index contributed by atoms with van der Waals surface area (Å²) in [6, 6.07) is 0. The molecule has 1 saturated carbocycles. The average Bonchev–Trinajstić information content (AvgIpc) is 2.67. The molecule has 1 aliphatic carbocycles. The van der Waals surface area contributed by atoms with Crippen LogP contribution in [0.3, 0.4) is 0 Å². The van der Waals surface area contributed by atoms with E-state index < -0.39 is 0 Å². The van der Waals surface area contributed by atoms with E-state index in [0.29, 0.717) is 0 Å². The lowest BCUT2D eigenvalue weighted by Crippen LogP contribution is -2.31. The standard InChI is InChI=1S/C13H22O2/c1-3-5-6-9-13(10-7-8-11-13)15-12(14)4-2/h4H,2-3,5-11H2,1H3. The maximum Gasteiger partial charge on any atom is 0.330 e. The quantitative estimate of drug-likeness (QED) is 0.380. The maximum absolute atomic E-state index is 11.3. The Bertz CT molecular complexity index is 215. The minimum absolute atomic E-state index is 0.152. The summed E-state index contributed by atoms with van der Waals surface area (Å²) in [6.07, 6.45) is 10.4. The summed E-state index contributed by atoms with van der Waals surface area (Å²) < 4.78 is 5.54. The summed E-state index contributed by atoms with van der Waals surface area (Å²) in [6.45, 7) is 5.65. The van der Waals surface area contributed by atoms with Gasteiger partial charge in [-0.1, -0.05) is 26.3 Å². The first-order chi connectivity index (χ1) is 7.22. The molecule has 0 unspecified atom stereocenters. The molecule has 0 spiro atoms. The Morgan fingerprint density at radius 2 is 2.07 bits per heavy atom. The van der Waals surface area contributed by atoms with E-state index in [9.17, 15) is 4.79 Å². The molecule has 15 heavy (non-hydrogen) atoms.